The van der Waals surface area contributed by atoms with Crippen LogP contribution >= 0.6 is 0 Å². The van der Waals surface area contributed by atoms with Crippen LogP contribution in [-0.2, 0) is 0 Å². The number of para-hydroxylation sites is 3. The fourth-order valence-electron chi connectivity index (χ4n) is 8.78. The normalized spacial score (nSPS) is 11.9. The average Bonchev–Trinajstić information content (AvgIpc) is 3.93. The highest BCUT2D eigenvalue weighted by molar-refractivity contribution is 6.21. The quantitative estimate of drug-likeness (QED) is 0.166. The maximum absolute atomic E-state index is 6.85. The molecule has 12 rings (SSSR count). The van der Waals surface area contributed by atoms with Crippen LogP contribution in [0.25, 0.3) is 93.3 Å². The first-order valence-electron chi connectivity index (χ1n) is 19.0. The Morgan fingerprint density at radius 3 is 1.96 bits per heavy atom. The Balaban J connectivity index is 1.08. The molecule has 0 fully saturated rings. The Morgan fingerprint density at radius 2 is 1.07 bits per heavy atom. The van der Waals surface area contributed by atoms with E-state index in [4.69, 9.17) is 8.83 Å². The number of furan rings is 2. The van der Waals surface area contributed by atoms with Crippen molar-refractivity contribution in [3.05, 3.63) is 194 Å². The summed E-state index contributed by atoms with van der Waals surface area (Å²) in [4.78, 5) is 2.31. The third-order valence-electron chi connectivity index (χ3n) is 11.4. The van der Waals surface area contributed by atoms with Crippen LogP contribution in [0.2, 0.25) is 0 Å². The Bertz CT molecular complexity index is 3480. The maximum Gasteiger partial charge on any atom is 0.213 e. The molecular formula is C52H32N2O2. The van der Waals surface area contributed by atoms with Crippen molar-refractivity contribution in [3.8, 4) is 16.8 Å². The van der Waals surface area contributed by atoms with Crippen molar-refractivity contribution in [2.24, 2.45) is 0 Å². The smallest absolute Gasteiger partial charge is 0.213 e. The molecule has 0 aliphatic rings. The molecule has 3 aromatic heterocycles. The van der Waals surface area contributed by atoms with Crippen molar-refractivity contribution in [1.82, 2.24) is 4.57 Å². The van der Waals surface area contributed by atoms with Gasteiger partial charge in [-0.15, -0.1) is 0 Å². The van der Waals surface area contributed by atoms with Crippen LogP contribution < -0.4 is 4.90 Å². The standard InChI is InChI=1S/C52H32N2O2/c1-2-11-33(12-3-1)34-23-25-37(26-24-34)53(47-19-10-17-43-42-15-7-9-20-48(42)55-51(43)47)39-28-30-49-45(32-39)50-44-16-6-8-18-46(44)54(52(50)56-49)38-27-29-41-36(31-38)22-21-35-13-4-5-14-40(35)41/h1-32H. The van der Waals surface area contributed by atoms with Gasteiger partial charge in [-0.3, -0.25) is 4.57 Å². The van der Waals surface area contributed by atoms with Gasteiger partial charge in [-0.2, -0.15) is 0 Å². The van der Waals surface area contributed by atoms with Gasteiger partial charge in [0.15, 0.2) is 5.58 Å². The van der Waals surface area contributed by atoms with Crippen LogP contribution in [-0.4, -0.2) is 4.57 Å². The van der Waals surface area contributed by atoms with E-state index in [1.807, 2.05) is 12.1 Å². The summed E-state index contributed by atoms with van der Waals surface area (Å²) in [7, 11) is 0. The van der Waals surface area contributed by atoms with Crippen LogP contribution in [0.5, 0.6) is 0 Å². The summed E-state index contributed by atoms with van der Waals surface area (Å²) >= 11 is 0. The molecule has 9 aromatic carbocycles. The van der Waals surface area contributed by atoms with E-state index in [1.165, 1.54) is 27.1 Å². The summed E-state index contributed by atoms with van der Waals surface area (Å²) in [6.45, 7) is 0. The minimum absolute atomic E-state index is 0.830. The van der Waals surface area contributed by atoms with Crippen molar-refractivity contribution in [1.29, 1.82) is 0 Å². The molecule has 0 bridgehead atoms. The van der Waals surface area contributed by atoms with Gasteiger partial charge < -0.3 is 13.7 Å². The number of fused-ring (bicyclic) bond motifs is 11. The van der Waals surface area contributed by atoms with Crippen LogP contribution in [0.3, 0.4) is 0 Å². The zero-order valence-electron chi connectivity index (χ0n) is 30.2. The molecule has 3 heterocycles. The van der Waals surface area contributed by atoms with E-state index in [-0.39, 0.29) is 0 Å². The van der Waals surface area contributed by atoms with Crippen molar-refractivity contribution in [2.45, 2.75) is 0 Å². The summed E-state index contributed by atoms with van der Waals surface area (Å²) in [6.07, 6.45) is 0. The van der Waals surface area contributed by atoms with Gasteiger partial charge in [-0.25, -0.2) is 0 Å². The van der Waals surface area contributed by atoms with Crippen LogP contribution in [0.4, 0.5) is 17.1 Å². The number of hydrogen-bond donors (Lipinski definition) is 0. The molecule has 12 aromatic rings. The molecule has 0 unspecified atom stereocenters. The lowest BCUT2D eigenvalue weighted by atomic mass is 10.0. The molecule has 0 aliphatic carbocycles. The molecule has 0 saturated carbocycles. The number of hydrogen-bond acceptors (Lipinski definition) is 3. The SMILES string of the molecule is c1ccc(-c2ccc(N(c3ccc4oc5c(c4c3)c3ccccc3n5-c3ccc4c(ccc5ccccc54)c3)c3cccc4c3oc3ccccc34)cc2)cc1. The second-order valence-corrected chi connectivity index (χ2v) is 14.5. The molecule has 0 radical (unpaired) electrons. The monoisotopic (exact) mass is 716 g/mol. The Morgan fingerprint density at radius 1 is 0.393 bits per heavy atom. The Hall–Kier alpha value is -7.56. The van der Waals surface area contributed by atoms with Crippen LogP contribution in [0.1, 0.15) is 0 Å². The first-order valence-corrected chi connectivity index (χ1v) is 19.0. The van der Waals surface area contributed by atoms with Gasteiger partial charge in [0.1, 0.15) is 11.2 Å². The van der Waals surface area contributed by atoms with E-state index in [0.717, 1.165) is 83.2 Å². The van der Waals surface area contributed by atoms with Crippen molar-refractivity contribution in [2.75, 3.05) is 4.90 Å². The minimum atomic E-state index is 0.830. The predicted octanol–water partition coefficient (Wildman–Crippen LogP) is 14.9. The lowest BCUT2D eigenvalue weighted by Gasteiger charge is -2.26. The van der Waals surface area contributed by atoms with Gasteiger partial charge in [-0.05, 0) is 93.3 Å². The molecule has 0 saturated heterocycles. The highest BCUT2D eigenvalue weighted by Gasteiger charge is 2.23. The second kappa shape index (κ2) is 12.0. The summed E-state index contributed by atoms with van der Waals surface area (Å²) in [6, 6.07) is 68.9. The van der Waals surface area contributed by atoms with E-state index in [9.17, 15) is 0 Å². The third-order valence-corrected chi connectivity index (χ3v) is 11.4. The molecule has 56 heavy (non-hydrogen) atoms. The number of benzene rings is 9. The molecule has 0 spiro atoms. The molecule has 4 nitrogen and oxygen atoms in total. The lowest BCUT2D eigenvalue weighted by Crippen LogP contribution is -2.10. The van der Waals surface area contributed by atoms with Crippen LogP contribution in [0.15, 0.2) is 203 Å². The van der Waals surface area contributed by atoms with Gasteiger partial charge in [0, 0.05) is 38.6 Å². The first-order chi connectivity index (χ1) is 27.8. The highest BCUT2D eigenvalue weighted by atomic mass is 16.3. The lowest BCUT2D eigenvalue weighted by molar-refractivity contribution is 0.645. The van der Waals surface area contributed by atoms with Gasteiger partial charge in [-0.1, -0.05) is 133 Å². The predicted molar refractivity (Wildman–Crippen MR) is 233 cm³/mol. The van der Waals surface area contributed by atoms with E-state index >= 15 is 0 Å². The molecule has 0 aliphatic heterocycles. The van der Waals surface area contributed by atoms with Gasteiger partial charge in [0.05, 0.1) is 16.6 Å². The third kappa shape index (κ3) is 4.60. The van der Waals surface area contributed by atoms with Gasteiger partial charge in [0.2, 0.25) is 5.71 Å². The molecule has 0 atom stereocenters. The number of nitrogens with zero attached hydrogens (tertiary/aromatic N) is 2. The van der Waals surface area contributed by atoms with Crippen molar-refractivity contribution in [3.63, 3.8) is 0 Å². The van der Waals surface area contributed by atoms with Gasteiger partial charge in [0.25, 0.3) is 0 Å². The number of aromatic nitrogens is 1. The molecule has 0 N–H and O–H groups in total. The summed E-state index contributed by atoms with van der Waals surface area (Å²) in [5.74, 6) is 0. The summed E-state index contributed by atoms with van der Waals surface area (Å²) in [5, 5.41) is 10.4. The molecule has 262 valence electrons. The highest BCUT2D eigenvalue weighted by Crippen LogP contribution is 2.46. The maximum atomic E-state index is 6.85. The number of rotatable bonds is 5. The van der Waals surface area contributed by atoms with E-state index in [2.05, 4.69) is 191 Å². The second-order valence-electron chi connectivity index (χ2n) is 14.5. The fourth-order valence-corrected chi connectivity index (χ4v) is 8.78. The zero-order chi connectivity index (χ0) is 36.7. The van der Waals surface area contributed by atoms with Crippen molar-refractivity contribution >= 4 is 93.5 Å². The van der Waals surface area contributed by atoms with E-state index in [1.54, 1.807) is 0 Å². The summed E-state index contributed by atoms with van der Waals surface area (Å²) in [5.41, 5.74) is 10.9. The average molecular weight is 717 g/mol. The molecular weight excluding hydrogens is 685 g/mol. The largest absolute Gasteiger partial charge is 0.454 e. The number of anilines is 3. The van der Waals surface area contributed by atoms with E-state index in [0.29, 0.717) is 0 Å². The minimum Gasteiger partial charge on any atom is -0.454 e. The fraction of sp³-hybridized carbons (Fsp3) is 0. The van der Waals surface area contributed by atoms with E-state index < -0.39 is 0 Å². The van der Waals surface area contributed by atoms with Gasteiger partial charge >= 0.3 is 0 Å². The molecule has 0 amide bonds. The van der Waals surface area contributed by atoms with Crippen molar-refractivity contribution < 1.29 is 8.83 Å². The Labute approximate surface area is 321 Å². The molecule has 4 heteroatoms. The van der Waals surface area contributed by atoms with Crippen LogP contribution in [0, 0.1) is 0 Å². The summed E-state index contributed by atoms with van der Waals surface area (Å²) < 4.78 is 15.8. The zero-order valence-corrected chi connectivity index (χ0v) is 30.2. The topological polar surface area (TPSA) is 34.5 Å². The Kier molecular flexibility index (Phi) is 6.60. The first kappa shape index (κ1) is 30.9.